The molecule has 110 valence electrons. The first-order chi connectivity index (χ1) is 9.88. The summed E-state index contributed by atoms with van der Waals surface area (Å²) in [6, 6.07) is 2.92. The summed E-state index contributed by atoms with van der Waals surface area (Å²) in [4.78, 5) is 26.8. The lowest BCUT2D eigenvalue weighted by Crippen LogP contribution is -2.23. The number of carboxylic acid groups (broad SMARTS) is 1. The zero-order chi connectivity index (χ0) is 15.6. The Hall–Kier alpha value is -1.86. The monoisotopic (exact) mass is 372 g/mol. The predicted octanol–water partition coefficient (Wildman–Crippen LogP) is 3.03. The number of rotatable bonds is 4. The van der Waals surface area contributed by atoms with Crippen molar-refractivity contribution in [1.29, 1.82) is 0 Å². The molecule has 2 heterocycles. The van der Waals surface area contributed by atoms with Crippen molar-refractivity contribution in [1.82, 2.24) is 10.3 Å². The maximum Gasteiger partial charge on any atom is 0.339 e. The third kappa shape index (κ3) is 3.62. The van der Waals surface area contributed by atoms with Crippen molar-refractivity contribution in [2.24, 2.45) is 0 Å². The molecule has 0 aliphatic rings. The van der Waals surface area contributed by atoms with Crippen molar-refractivity contribution in [3.63, 3.8) is 0 Å². The van der Waals surface area contributed by atoms with E-state index in [9.17, 15) is 9.59 Å². The average Bonchev–Trinajstić information content (AvgIpc) is 2.80. The van der Waals surface area contributed by atoms with Crippen molar-refractivity contribution in [3.05, 3.63) is 50.6 Å². The van der Waals surface area contributed by atoms with E-state index in [0.717, 1.165) is 0 Å². The van der Waals surface area contributed by atoms with Gasteiger partial charge in [0, 0.05) is 10.7 Å². The zero-order valence-electron chi connectivity index (χ0n) is 10.8. The van der Waals surface area contributed by atoms with E-state index >= 15 is 0 Å². The second kappa shape index (κ2) is 6.28. The van der Waals surface area contributed by atoms with E-state index in [4.69, 9.17) is 21.1 Å². The number of carboxylic acids is 1. The summed E-state index contributed by atoms with van der Waals surface area (Å²) in [5.74, 6) is -0.876. The van der Waals surface area contributed by atoms with E-state index in [0.29, 0.717) is 10.2 Å². The predicted molar refractivity (Wildman–Crippen MR) is 78.5 cm³/mol. The quantitative estimate of drug-likeness (QED) is 0.804. The average molecular weight is 374 g/mol. The molecular weight excluding hydrogens is 364 g/mol. The molecule has 0 aliphatic heterocycles. The fourth-order valence-corrected chi connectivity index (χ4v) is 2.21. The van der Waals surface area contributed by atoms with Crippen molar-refractivity contribution < 1.29 is 19.1 Å². The van der Waals surface area contributed by atoms with E-state index in [1.165, 1.54) is 12.3 Å². The van der Waals surface area contributed by atoms with E-state index < -0.39 is 11.9 Å². The number of carbonyl (C=O) groups excluding carboxylic acids is 1. The van der Waals surface area contributed by atoms with Crippen molar-refractivity contribution >= 4 is 39.4 Å². The lowest BCUT2D eigenvalue weighted by Gasteiger charge is -2.05. The molecular formula is C13H10BrClN2O4. The number of hydrogen-bond donors (Lipinski definition) is 2. The van der Waals surface area contributed by atoms with Crippen LogP contribution in [0.4, 0.5) is 0 Å². The Kier molecular flexibility index (Phi) is 4.64. The van der Waals surface area contributed by atoms with E-state index in [1.54, 1.807) is 13.0 Å². The molecule has 0 aromatic carbocycles. The van der Waals surface area contributed by atoms with Gasteiger partial charge in [-0.2, -0.15) is 0 Å². The van der Waals surface area contributed by atoms with Crippen LogP contribution < -0.4 is 5.32 Å². The van der Waals surface area contributed by atoms with Gasteiger partial charge in [0.15, 0.2) is 0 Å². The van der Waals surface area contributed by atoms with E-state index in [-0.39, 0.29) is 28.6 Å². The highest BCUT2D eigenvalue weighted by Gasteiger charge is 2.16. The van der Waals surface area contributed by atoms with Gasteiger partial charge in [-0.1, -0.05) is 11.6 Å². The van der Waals surface area contributed by atoms with Crippen LogP contribution in [0.2, 0.25) is 5.15 Å². The van der Waals surface area contributed by atoms with Gasteiger partial charge < -0.3 is 14.8 Å². The van der Waals surface area contributed by atoms with Crippen molar-refractivity contribution in [2.75, 3.05) is 0 Å². The fraction of sp³-hybridized carbons (Fsp3) is 0.154. The van der Waals surface area contributed by atoms with Crippen LogP contribution in [-0.2, 0) is 6.54 Å². The van der Waals surface area contributed by atoms with Crippen LogP contribution in [-0.4, -0.2) is 22.0 Å². The molecule has 2 N–H and O–H groups in total. The third-order valence-electron chi connectivity index (χ3n) is 2.67. The zero-order valence-corrected chi connectivity index (χ0v) is 13.2. The van der Waals surface area contributed by atoms with Crippen LogP contribution in [0.25, 0.3) is 0 Å². The Morgan fingerprint density at radius 2 is 2.14 bits per heavy atom. The fourth-order valence-electron chi connectivity index (χ4n) is 1.69. The minimum Gasteiger partial charge on any atom is -0.478 e. The number of furan rings is 1. The number of hydrogen-bond acceptors (Lipinski definition) is 4. The normalized spacial score (nSPS) is 10.4. The van der Waals surface area contributed by atoms with Gasteiger partial charge in [0.05, 0.1) is 12.1 Å². The molecule has 0 radical (unpaired) electrons. The molecule has 6 nitrogen and oxygen atoms in total. The summed E-state index contributed by atoms with van der Waals surface area (Å²) in [7, 11) is 0. The van der Waals surface area contributed by atoms with Gasteiger partial charge in [0.1, 0.15) is 22.2 Å². The van der Waals surface area contributed by atoms with Crippen LogP contribution in [0.1, 0.15) is 32.2 Å². The third-order valence-corrected chi connectivity index (χ3v) is 3.41. The first-order valence-electron chi connectivity index (χ1n) is 5.80. The van der Waals surface area contributed by atoms with E-state index in [2.05, 4.69) is 26.2 Å². The van der Waals surface area contributed by atoms with Crippen LogP contribution >= 0.6 is 27.5 Å². The lowest BCUT2D eigenvalue weighted by molar-refractivity contribution is 0.0694. The second-order valence-corrected chi connectivity index (χ2v) is 5.44. The van der Waals surface area contributed by atoms with Crippen LogP contribution in [0, 0.1) is 6.92 Å². The SMILES string of the molecule is Cc1oc(CNC(=O)c2cc(Br)cnc2Cl)cc1C(=O)O. The first-order valence-corrected chi connectivity index (χ1v) is 6.97. The number of aromatic nitrogens is 1. The number of halogens is 2. The second-order valence-electron chi connectivity index (χ2n) is 4.16. The topological polar surface area (TPSA) is 92.4 Å². The number of pyridine rings is 1. The van der Waals surface area contributed by atoms with Gasteiger partial charge >= 0.3 is 5.97 Å². The lowest BCUT2D eigenvalue weighted by atomic mass is 10.2. The van der Waals surface area contributed by atoms with Gasteiger partial charge in [0.2, 0.25) is 0 Å². The Balaban J connectivity index is 2.09. The van der Waals surface area contributed by atoms with Gasteiger partial charge in [-0.3, -0.25) is 4.79 Å². The molecule has 0 aliphatic carbocycles. The Labute approximate surface area is 133 Å². The summed E-state index contributed by atoms with van der Waals surface area (Å²) < 4.78 is 5.89. The smallest absolute Gasteiger partial charge is 0.339 e. The molecule has 2 rings (SSSR count). The minimum atomic E-state index is -1.08. The van der Waals surface area contributed by atoms with Gasteiger partial charge in [0.25, 0.3) is 5.91 Å². The molecule has 1 amide bonds. The summed E-state index contributed by atoms with van der Waals surface area (Å²) >= 11 is 9.05. The molecule has 21 heavy (non-hydrogen) atoms. The highest BCUT2D eigenvalue weighted by atomic mass is 79.9. The molecule has 0 atom stereocenters. The van der Waals surface area contributed by atoms with Crippen LogP contribution in [0.5, 0.6) is 0 Å². The molecule has 0 saturated carbocycles. The summed E-state index contributed by atoms with van der Waals surface area (Å²) in [6.45, 7) is 1.60. The Morgan fingerprint density at radius 3 is 2.76 bits per heavy atom. The number of amides is 1. The summed E-state index contributed by atoms with van der Waals surface area (Å²) in [6.07, 6.45) is 1.48. The Bertz CT molecular complexity index is 714. The van der Waals surface area contributed by atoms with Crippen molar-refractivity contribution in [2.45, 2.75) is 13.5 Å². The number of aromatic carboxylic acids is 1. The van der Waals surface area contributed by atoms with Gasteiger partial charge in [-0.15, -0.1) is 0 Å². The number of nitrogens with zero attached hydrogens (tertiary/aromatic N) is 1. The maximum atomic E-state index is 12.0. The standard InChI is InChI=1S/C13H10BrClN2O4/c1-6-9(13(19)20)3-8(21-6)5-17-12(18)10-2-7(14)4-16-11(10)15/h2-4H,5H2,1H3,(H,17,18)(H,19,20). The molecule has 0 bridgehead atoms. The molecule has 0 unspecified atom stereocenters. The molecule has 8 heteroatoms. The highest BCUT2D eigenvalue weighted by Crippen LogP contribution is 2.18. The number of aryl methyl sites for hydroxylation is 1. The molecule has 2 aromatic heterocycles. The Morgan fingerprint density at radius 1 is 1.43 bits per heavy atom. The summed E-state index contributed by atoms with van der Waals surface area (Å²) in [5, 5.41) is 11.6. The molecule has 0 fully saturated rings. The minimum absolute atomic E-state index is 0.0514. The largest absolute Gasteiger partial charge is 0.478 e. The number of carbonyl (C=O) groups is 2. The highest BCUT2D eigenvalue weighted by molar-refractivity contribution is 9.10. The molecule has 2 aromatic rings. The van der Waals surface area contributed by atoms with E-state index in [1.807, 2.05) is 0 Å². The first kappa shape index (κ1) is 15.5. The van der Waals surface area contributed by atoms with Crippen molar-refractivity contribution in [3.8, 4) is 0 Å². The number of nitrogens with one attached hydrogen (secondary N) is 1. The molecule has 0 spiro atoms. The van der Waals surface area contributed by atoms with Gasteiger partial charge in [-0.25, -0.2) is 9.78 Å². The van der Waals surface area contributed by atoms with Crippen LogP contribution in [0.15, 0.2) is 27.2 Å². The molecule has 0 saturated heterocycles. The summed E-state index contributed by atoms with van der Waals surface area (Å²) in [5.41, 5.74) is 0.286. The van der Waals surface area contributed by atoms with Gasteiger partial charge in [-0.05, 0) is 35.0 Å². The maximum absolute atomic E-state index is 12.0. The van der Waals surface area contributed by atoms with Crippen LogP contribution in [0.3, 0.4) is 0 Å².